The molecule has 0 spiro atoms. The Morgan fingerprint density at radius 3 is 2.53 bits per heavy atom. The van der Waals surface area contributed by atoms with Crippen molar-refractivity contribution in [1.82, 2.24) is 0 Å². The van der Waals surface area contributed by atoms with Crippen LogP contribution < -0.4 is 10.5 Å². The van der Waals surface area contributed by atoms with Gasteiger partial charge in [-0.1, -0.05) is 31.1 Å². The summed E-state index contributed by atoms with van der Waals surface area (Å²) in [6.45, 7) is 4.89. The monoisotopic (exact) mass is 236 g/mol. The number of oxime groups is 1. The maximum atomic E-state index is 8.36. The van der Waals surface area contributed by atoms with E-state index in [1.807, 2.05) is 12.1 Å². The SMILES string of the molecule is CC(C)c1ccc(OCCC/C(N)=N/O)cc1. The third kappa shape index (κ3) is 4.76. The van der Waals surface area contributed by atoms with Gasteiger partial charge in [0.2, 0.25) is 0 Å². The van der Waals surface area contributed by atoms with Crippen LogP contribution in [0.1, 0.15) is 38.2 Å². The fourth-order valence-corrected chi connectivity index (χ4v) is 1.44. The van der Waals surface area contributed by atoms with E-state index in [9.17, 15) is 0 Å². The van der Waals surface area contributed by atoms with Gasteiger partial charge in [0, 0.05) is 6.42 Å². The lowest BCUT2D eigenvalue weighted by atomic mass is 10.0. The second kappa shape index (κ2) is 6.78. The van der Waals surface area contributed by atoms with Crippen LogP contribution in [0.5, 0.6) is 5.75 Å². The van der Waals surface area contributed by atoms with Crippen molar-refractivity contribution in [2.24, 2.45) is 10.9 Å². The summed E-state index contributed by atoms with van der Waals surface area (Å²) < 4.78 is 5.54. The van der Waals surface area contributed by atoms with Gasteiger partial charge in [0.05, 0.1) is 6.61 Å². The molecular weight excluding hydrogens is 216 g/mol. The van der Waals surface area contributed by atoms with Gasteiger partial charge in [-0.25, -0.2) is 0 Å². The van der Waals surface area contributed by atoms with Crippen molar-refractivity contribution in [3.63, 3.8) is 0 Å². The molecular formula is C13H20N2O2. The second-order valence-electron chi connectivity index (χ2n) is 4.27. The zero-order valence-corrected chi connectivity index (χ0v) is 10.4. The topological polar surface area (TPSA) is 67.8 Å². The lowest BCUT2D eigenvalue weighted by molar-refractivity contribution is 0.305. The summed E-state index contributed by atoms with van der Waals surface area (Å²) in [6.07, 6.45) is 1.28. The van der Waals surface area contributed by atoms with Crippen LogP contribution >= 0.6 is 0 Å². The number of hydrogen-bond acceptors (Lipinski definition) is 3. The molecule has 17 heavy (non-hydrogen) atoms. The van der Waals surface area contributed by atoms with E-state index >= 15 is 0 Å². The lowest BCUT2D eigenvalue weighted by Crippen LogP contribution is -2.12. The molecule has 1 aromatic carbocycles. The highest BCUT2D eigenvalue weighted by molar-refractivity contribution is 5.79. The summed E-state index contributed by atoms with van der Waals surface area (Å²) in [5.41, 5.74) is 6.65. The minimum atomic E-state index is 0.240. The summed E-state index contributed by atoms with van der Waals surface area (Å²) in [4.78, 5) is 0. The Morgan fingerprint density at radius 1 is 1.35 bits per heavy atom. The third-order valence-corrected chi connectivity index (χ3v) is 2.52. The van der Waals surface area contributed by atoms with Crippen LogP contribution in [0.15, 0.2) is 29.4 Å². The molecule has 94 valence electrons. The van der Waals surface area contributed by atoms with E-state index in [0.717, 1.165) is 12.2 Å². The van der Waals surface area contributed by atoms with E-state index in [2.05, 4.69) is 31.1 Å². The van der Waals surface area contributed by atoms with Gasteiger partial charge in [-0.3, -0.25) is 0 Å². The van der Waals surface area contributed by atoms with Gasteiger partial charge in [0.15, 0.2) is 0 Å². The standard InChI is InChI=1S/C13H20N2O2/c1-10(2)11-5-7-12(8-6-11)17-9-3-4-13(14)15-16/h5-8,10,16H,3-4,9H2,1-2H3,(H2,14,15). The van der Waals surface area contributed by atoms with E-state index in [0.29, 0.717) is 18.9 Å². The number of amidine groups is 1. The van der Waals surface area contributed by atoms with Gasteiger partial charge >= 0.3 is 0 Å². The number of benzene rings is 1. The zero-order chi connectivity index (χ0) is 12.7. The number of ether oxygens (including phenoxy) is 1. The van der Waals surface area contributed by atoms with E-state index in [4.69, 9.17) is 15.7 Å². The summed E-state index contributed by atoms with van der Waals surface area (Å²) in [6, 6.07) is 8.09. The van der Waals surface area contributed by atoms with Crippen molar-refractivity contribution in [1.29, 1.82) is 0 Å². The Hall–Kier alpha value is -1.71. The third-order valence-electron chi connectivity index (χ3n) is 2.52. The Balaban J connectivity index is 2.32. The van der Waals surface area contributed by atoms with Crippen molar-refractivity contribution < 1.29 is 9.94 Å². The van der Waals surface area contributed by atoms with Gasteiger partial charge in [0.25, 0.3) is 0 Å². The molecule has 4 heteroatoms. The van der Waals surface area contributed by atoms with Gasteiger partial charge < -0.3 is 15.7 Å². The van der Waals surface area contributed by atoms with Crippen molar-refractivity contribution in [3.05, 3.63) is 29.8 Å². The van der Waals surface area contributed by atoms with Gasteiger partial charge in [-0.2, -0.15) is 0 Å². The van der Waals surface area contributed by atoms with Crippen molar-refractivity contribution in [2.75, 3.05) is 6.61 Å². The first-order valence-corrected chi connectivity index (χ1v) is 5.82. The van der Waals surface area contributed by atoms with E-state index in [1.54, 1.807) is 0 Å². The molecule has 0 atom stereocenters. The molecule has 0 aliphatic carbocycles. The summed E-state index contributed by atoms with van der Waals surface area (Å²) in [5, 5.41) is 11.3. The molecule has 3 N–H and O–H groups in total. The Morgan fingerprint density at radius 2 is 2.00 bits per heavy atom. The molecule has 0 saturated carbocycles. The van der Waals surface area contributed by atoms with Crippen LogP contribution in [0, 0.1) is 0 Å². The van der Waals surface area contributed by atoms with Gasteiger partial charge in [0.1, 0.15) is 11.6 Å². The molecule has 0 unspecified atom stereocenters. The van der Waals surface area contributed by atoms with Crippen LogP contribution in [0.4, 0.5) is 0 Å². The molecule has 0 bridgehead atoms. The first-order chi connectivity index (χ1) is 8.13. The molecule has 0 heterocycles. The Labute approximate surface area is 102 Å². The quantitative estimate of drug-likeness (QED) is 0.262. The first-order valence-electron chi connectivity index (χ1n) is 5.82. The molecule has 1 rings (SSSR count). The van der Waals surface area contributed by atoms with Gasteiger partial charge in [-0.15, -0.1) is 0 Å². The maximum Gasteiger partial charge on any atom is 0.139 e. The maximum absolute atomic E-state index is 8.36. The summed E-state index contributed by atoms with van der Waals surface area (Å²) in [5.74, 6) is 1.63. The second-order valence-corrected chi connectivity index (χ2v) is 4.27. The molecule has 4 nitrogen and oxygen atoms in total. The largest absolute Gasteiger partial charge is 0.494 e. The molecule has 0 aliphatic rings. The average Bonchev–Trinajstić information content (AvgIpc) is 2.34. The molecule has 0 aliphatic heterocycles. The molecule has 0 saturated heterocycles. The predicted molar refractivity (Wildman–Crippen MR) is 68.7 cm³/mol. The fraction of sp³-hybridized carbons (Fsp3) is 0.462. The predicted octanol–water partition coefficient (Wildman–Crippen LogP) is 2.72. The summed E-state index contributed by atoms with van der Waals surface area (Å²) in [7, 11) is 0. The first kappa shape index (κ1) is 13.4. The lowest BCUT2D eigenvalue weighted by Gasteiger charge is -2.08. The number of nitrogens with zero attached hydrogens (tertiary/aromatic N) is 1. The molecule has 0 aromatic heterocycles. The Bertz CT molecular complexity index is 358. The van der Waals surface area contributed by atoms with Crippen molar-refractivity contribution >= 4 is 5.84 Å². The minimum absolute atomic E-state index is 0.240. The van der Waals surface area contributed by atoms with Crippen LogP contribution in [0.25, 0.3) is 0 Å². The van der Waals surface area contributed by atoms with Crippen molar-refractivity contribution in [3.8, 4) is 5.75 Å². The zero-order valence-electron chi connectivity index (χ0n) is 10.4. The summed E-state index contributed by atoms with van der Waals surface area (Å²) >= 11 is 0. The van der Waals surface area contributed by atoms with E-state index < -0.39 is 0 Å². The van der Waals surface area contributed by atoms with Crippen LogP contribution in [-0.4, -0.2) is 17.6 Å². The Kier molecular flexibility index (Phi) is 5.33. The number of hydrogen-bond donors (Lipinski definition) is 2. The van der Waals surface area contributed by atoms with Crippen LogP contribution in [0.2, 0.25) is 0 Å². The minimum Gasteiger partial charge on any atom is -0.494 e. The number of nitrogens with two attached hydrogens (primary N) is 1. The normalized spacial score (nSPS) is 11.8. The van der Waals surface area contributed by atoms with Crippen LogP contribution in [-0.2, 0) is 0 Å². The highest BCUT2D eigenvalue weighted by Gasteiger charge is 1.99. The highest BCUT2D eigenvalue weighted by atomic mass is 16.5. The molecule has 0 radical (unpaired) electrons. The highest BCUT2D eigenvalue weighted by Crippen LogP contribution is 2.18. The average molecular weight is 236 g/mol. The van der Waals surface area contributed by atoms with E-state index in [1.165, 1.54) is 5.56 Å². The molecule has 0 fully saturated rings. The molecule has 0 amide bonds. The number of rotatable bonds is 6. The van der Waals surface area contributed by atoms with Crippen molar-refractivity contribution in [2.45, 2.75) is 32.6 Å². The fourth-order valence-electron chi connectivity index (χ4n) is 1.44. The van der Waals surface area contributed by atoms with E-state index in [-0.39, 0.29) is 5.84 Å². The molecule has 1 aromatic rings. The van der Waals surface area contributed by atoms with Gasteiger partial charge in [-0.05, 0) is 30.0 Å². The van der Waals surface area contributed by atoms with Crippen LogP contribution in [0.3, 0.4) is 0 Å². The smallest absolute Gasteiger partial charge is 0.139 e.